The molecule has 0 aliphatic rings. The van der Waals surface area contributed by atoms with Crippen molar-refractivity contribution in [2.24, 2.45) is 0 Å². The van der Waals surface area contributed by atoms with Crippen molar-refractivity contribution in [2.75, 3.05) is 0 Å². The van der Waals surface area contributed by atoms with Gasteiger partial charge in [-0.05, 0) is 0 Å². The first kappa shape index (κ1) is 13.5. The Morgan fingerprint density at radius 2 is 1.64 bits per heavy atom. The van der Waals surface area contributed by atoms with Gasteiger partial charge in [-0.2, -0.15) is 0 Å². The average Bonchev–Trinajstić information content (AvgIpc) is 1.91. The first-order chi connectivity index (χ1) is 4.43. The second-order valence-corrected chi connectivity index (χ2v) is 4.33. The van der Waals surface area contributed by atoms with Crippen molar-refractivity contribution in [2.45, 2.75) is 0 Å². The molecule has 1 rings (SSSR count). The molecule has 1 aromatic rings. The standard InChI is InChI=1S/C6H7OSi.2O.V/c7-8-6-4-2-1-3-5-6;;;/h1-5H,8H2;;;/q-1;2*-2;+5. The quantitative estimate of drug-likeness (QED) is 0.609. The van der Waals surface area contributed by atoms with Gasteiger partial charge in [-0.15, -0.1) is 0 Å². The van der Waals surface area contributed by atoms with Gasteiger partial charge in [0, 0.05) is 0 Å². The summed E-state index contributed by atoms with van der Waals surface area (Å²) in [6.07, 6.45) is 0. The molecule has 1 aromatic carbocycles. The van der Waals surface area contributed by atoms with Gasteiger partial charge in [0.1, 0.15) is 0 Å². The van der Waals surface area contributed by atoms with E-state index in [-0.39, 0.29) is 11.0 Å². The van der Waals surface area contributed by atoms with Crippen molar-refractivity contribution in [3.8, 4) is 0 Å². The molecule has 0 aliphatic carbocycles. The predicted molar refractivity (Wildman–Crippen MR) is 37.1 cm³/mol. The zero-order valence-electron chi connectivity index (χ0n) is 5.77. The van der Waals surface area contributed by atoms with Gasteiger partial charge in [-0.3, -0.25) is 0 Å². The van der Waals surface area contributed by atoms with Crippen LogP contribution < -0.4 is 5.19 Å². The summed E-state index contributed by atoms with van der Waals surface area (Å²) in [4.78, 5) is 0. The van der Waals surface area contributed by atoms with Crippen molar-refractivity contribution in [1.82, 2.24) is 0 Å². The number of hydrogen-bond acceptors (Lipinski definition) is 1. The Bertz CT molecular complexity index is 171. The van der Waals surface area contributed by atoms with Crippen LogP contribution in [0, 0.1) is 0 Å². The second kappa shape index (κ2) is 8.00. The Morgan fingerprint density at radius 3 is 2.09 bits per heavy atom. The summed E-state index contributed by atoms with van der Waals surface area (Å²) >= 11 is 2.16. The number of benzene rings is 1. The van der Waals surface area contributed by atoms with Crippen LogP contribution in [0.4, 0.5) is 0 Å². The first-order valence-electron chi connectivity index (χ1n) is 2.74. The molecule has 0 amide bonds. The van der Waals surface area contributed by atoms with Crippen LogP contribution in [-0.4, -0.2) is 9.76 Å². The Hall–Kier alpha value is -0.0987. The first-order valence-corrected chi connectivity index (χ1v) is 4.59. The zero-order valence-corrected chi connectivity index (χ0v) is 8.58. The van der Waals surface area contributed by atoms with Crippen molar-refractivity contribution in [3.63, 3.8) is 0 Å². The van der Waals surface area contributed by atoms with Crippen LogP contribution in [0.3, 0.4) is 0 Å². The van der Waals surface area contributed by atoms with Gasteiger partial charge in [0.25, 0.3) is 0 Å². The summed E-state index contributed by atoms with van der Waals surface area (Å²) in [6.45, 7) is 0. The van der Waals surface area contributed by atoms with Crippen LogP contribution in [0.15, 0.2) is 30.3 Å². The summed E-state index contributed by atoms with van der Waals surface area (Å²) in [6, 6.07) is 10.3. The van der Waals surface area contributed by atoms with Crippen LogP contribution in [0.1, 0.15) is 0 Å². The average molecular weight is 206 g/mol. The van der Waals surface area contributed by atoms with Gasteiger partial charge in [0.15, 0.2) is 0 Å². The minimum atomic E-state index is -0.429. The molecule has 0 radical (unpaired) electrons. The molecule has 0 unspecified atom stereocenters. The molecule has 0 aromatic heterocycles. The molecule has 0 bridgehead atoms. The van der Waals surface area contributed by atoms with Crippen molar-refractivity contribution < 1.29 is 32.1 Å². The fourth-order valence-electron chi connectivity index (χ4n) is 0.649. The maximum atomic E-state index is 5.00. The molecule has 0 saturated heterocycles. The Balaban J connectivity index is 0. The van der Waals surface area contributed by atoms with E-state index < -0.39 is 9.76 Å². The summed E-state index contributed by atoms with van der Waals surface area (Å²) in [7, 11) is -0.429. The molecule has 11 heavy (non-hydrogen) atoms. The van der Waals surface area contributed by atoms with E-state index in [9.17, 15) is 0 Å². The van der Waals surface area contributed by atoms with Gasteiger partial charge in [0.2, 0.25) is 0 Å². The Morgan fingerprint density at radius 1 is 1.09 bits per heavy atom. The van der Waals surface area contributed by atoms with Crippen LogP contribution in [0.5, 0.6) is 0 Å². The molecule has 58 valence electrons. The molecule has 0 atom stereocenters. The minimum absolute atomic E-state index is 0. The number of rotatable bonds is 2. The van der Waals surface area contributed by atoms with Crippen LogP contribution in [-0.2, 0) is 32.1 Å². The molecule has 0 saturated carbocycles. The van der Waals surface area contributed by atoms with Crippen LogP contribution in [0.25, 0.3) is 0 Å². The molecule has 3 nitrogen and oxygen atoms in total. The van der Waals surface area contributed by atoms with Gasteiger partial charge in [0.05, 0.1) is 0 Å². The molecular weight excluding hydrogens is 199 g/mol. The molecule has 0 spiro atoms. The van der Waals surface area contributed by atoms with E-state index in [0.29, 0.717) is 0 Å². The van der Waals surface area contributed by atoms with Crippen LogP contribution in [0.2, 0.25) is 0 Å². The second-order valence-electron chi connectivity index (χ2n) is 1.76. The fourth-order valence-corrected chi connectivity index (χ4v) is 1.96. The third kappa shape index (κ3) is 5.20. The zero-order chi connectivity index (χ0) is 6.53. The summed E-state index contributed by atoms with van der Waals surface area (Å²) < 4.78 is 5.00. The van der Waals surface area contributed by atoms with Gasteiger partial charge < -0.3 is 11.0 Å². The molecule has 5 heteroatoms. The normalized spacial score (nSPS) is 8.91. The Kier molecular flexibility index (Phi) is 9.81. The monoisotopic (exact) mass is 206 g/mol. The number of hydrogen-bond donors (Lipinski definition) is 0. The summed E-state index contributed by atoms with van der Waals surface area (Å²) in [5.74, 6) is 0. The van der Waals surface area contributed by atoms with Crippen molar-refractivity contribution >= 4 is 14.9 Å². The SMILES string of the molecule is [O-2].[O-2].[V+4][O][SiH2]c1ccccc1. The predicted octanol–water partition coefficient (Wildman–Crippen LogP) is -0.364. The van der Waals surface area contributed by atoms with Crippen molar-refractivity contribution in [3.05, 3.63) is 30.3 Å². The van der Waals surface area contributed by atoms with E-state index >= 15 is 0 Å². The third-order valence-electron chi connectivity index (χ3n) is 1.07. The van der Waals surface area contributed by atoms with Gasteiger partial charge in [-0.1, -0.05) is 0 Å². The fraction of sp³-hybridized carbons (Fsp3) is 0. The van der Waals surface area contributed by atoms with E-state index in [4.69, 9.17) is 3.35 Å². The molecule has 0 aliphatic heterocycles. The molecule has 0 N–H and O–H groups in total. The summed E-state index contributed by atoms with van der Waals surface area (Å²) in [5.41, 5.74) is 0. The van der Waals surface area contributed by atoms with E-state index in [1.807, 2.05) is 18.2 Å². The van der Waals surface area contributed by atoms with Crippen LogP contribution >= 0.6 is 0 Å². The third-order valence-corrected chi connectivity index (χ3v) is 2.61. The van der Waals surface area contributed by atoms with E-state index in [2.05, 4.69) is 29.9 Å². The molecular formula is C6H7O3SiV. The van der Waals surface area contributed by atoms with E-state index in [1.54, 1.807) is 0 Å². The topological polar surface area (TPSA) is 66.2 Å². The van der Waals surface area contributed by atoms with Gasteiger partial charge >= 0.3 is 66.4 Å². The molecule has 0 heterocycles. The van der Waals surface area contributed by atoms with E-state index in [0.717, 1.165) is 0 Å². The van der Waals surface area contributed by atoms with Gasteiger partial charge in [-0.25, -0.2) is 0 Å². The van der Waals surface area contributed by atoms with E-state index in [1.165, 1.54) is 5.19 Å². The Labute approximate surface area is 77.7 Å². The maximum absolute atomic E-state index is 5.00. The summed E-state index contributed by atoms with van der Waals surface area (Å²) in [5, 5.41) is 1.35. The molecule has 0 fully saturated rings. The van der Waals surface area contributed by atoms with Crippen molar-refractivity contribution in [1.29, 1.82) is 0 Å².